The fourth-order valence-electron chi connectivity index (χ4n) is 1.54. The zero-order valence-electron chi connectivity index (χ0n) is 8.37. The molecule has 0 saturated carbocycles. The Morgan fingerprint density at radius 1 is 1.44 bits per heavy atom. The van der Waals surface area contributed by atoms with Gasteiger partial charge in [-0.15, -0.1) is 0 Å². The molecule has 2 rings (SSSR count). The quantitative estimate of drug-likeness (QED) is 0.710. The molecule has 5 nitrogen and oxygen atoms in total. The van der Waals surface area contributed by atoms with Crippen molar-refractivity contribution in [3.05, 3.63) is 29.6 Å². The molecule has 3 N–H and O–H groups in total. The molecule has 0 radical (unpaired) electrons. The molecule has 3 amide bonds. The smallest absolute Gasteiger partial charge is 0.328 e. The fourth-order valence-corrected chi connectivity index (χ4v) is 1.54. The number of anilines is 1. The maximum atomic E-state index is 13.2. The molecule has 0 bridgehead atoms. The van der Waals surface area contributed by atoms with Crippen LogP contribution >= 0.6 is 0 Å². The van der Waals surface area contributed by atoms with Gasteiger partial charge in [-0.25, -0.2) is 14.1 Å². The normalized spacial score (nSPS) is 15.5. The summed E-state index contributed by atoms with van der Waals surface area (Å²) in [7, 11) is 0. The van der Waals surface area contributed by atoms with Gasteiger partial charge in [0.25, 0.3) is 5.91 Å². The van der Waals surface area contributed by atoms with Gasteiger partial charge in [-0.3, -0.25) is 4.79 Å². The van der Waals surface area contributed by atoms with E-state index in [1.165, 1.54) is 18.2 Å². The molecule has 0 spiro atoms. The molecule has 1 aliphatic rings. The van der Waals surface area contributed by atoms with Gasteiger partial charge < -0.3 is 11.1 Å². The lowest BCUT2D eigenvalue weighted by Crippen LogP contribution is -2.30. The Labute approximate surface area is 91.0 Å². The third-order valence-electron chi connectivity index (χ3n) is 2.35. The van der Waals surface area contributed by atoms with E-state index >= 15 is 0 Å². The van der Waals surface area contributed by atoms with E-state index in [-0.39, 0.29) is 24.6 Å². The summed E-state index contributed by atoms with van der Waals surface area (Å²) in [4.78, 5) is 23.7. The predicted octanol–water partition coefficient (Wildman–Crippen LogP) is 0.341. The Balaban J connectivity index is 2.40. The Morgan fingerprint density at radius 2 is 2.19 bits per heavy atom. The first-order valence-corrected chi connectivity index (χ1v) is 4.72. The highest BCUT2D eigenvalue weighted by Gasteiger charge is 2.30. The van der Waals surface area contributed by atoms with Crippen LogP contribution in [0.4, 0.5) is 14.9 Å². The molecule has 1 aliphatic heterocycles. The number of imide groups is 1. The van der Waals surface area contributed by atoms with Crippen LogP contribution in [0.2, 0.25) is 0 Å². The van der Waals surface area contributed by atoms with Crippen molar-refractivity contribution >= 4 is 17.6 Å². The molecular formula is C10H10FN3O2. The monoisotopic (exact) mass is 223 g/mol. The first-order valence-electron chi connectivity index (χ1n) is 4.72. The molecular weight excluding hydrogens is 213 g/mol. The summed E-state index contributed by atoms with van der Waals surface area (Å²) in [6.07, 6.45) is 0. The number of carbonyl (C=O) groups is 2. The van der Waals surface area contributed by atoms with Crippen molar-refractivity contribution in [1.29, 1.82) is 0 Å². The van der Waals surface area contributed by atoms with Gasteiger partial charge in [0, 0.05) is 12.1 Å². The summed E-state index contributed by atoms with van der Waals surface area (Å²) >= 11 is 0. The summed E-state index contributed by atoms with van der Waals surface area (Å²) in [6, 6.07) is 3.46. The number of carbonyl (C=O) groups excluding carboxylic acids is 2. The number of urea groups is 1. The van der Waals surface area contributed by atoms with E-state index in [1.54, 1.807) is 0 Å². The second kappa shape index (κ2) is 3.90. The first-order chi connectivity index (χ1) is 7.63. The number of amides is 3. The third kappa shape index (κ3) is 1.63. The van der Waals surface area contributed by atoms with Crippen molar-refractivity contribution < 1.29 is 14.0 Å². The van der Waals surface area contributed by atoms with Crippen molar-refractivity contribution in [3.8, 4) is 0 Å². The highest BCUT2D eigenvalue weighted by atomic mass is 19.1. The largest absolute Gasteiger partial charge is 0.329 e. The predicted molar refractivity (Wildman–Crippen MR) is 55.2 cm³/mol. The average Bonchev–Trinajstić information content (AvgIpc) is 2.60. The minimum absolute atomic E-state index is 0.0172. The van der Waals surface area contributed by atoms with Crippen molar-refractivity contribution in [1.82, 2.24) is 5.32 Å². The number of rotatable bonds is 2. The molecule has 0 unspecified atom stereocenters. The molecule has 1 saturated heterocycles. The van der Waals surface area contributed by atoms with E-state index in [0.717, 1.165) is 4.90 Å². The molecule has 0 atom stereocenters. The van der Waals surface area contributed by atoms with Crippen LogP contribution in [0.1, 0.15) is 5.56 Å². The van der Waals surface area contributed by atoms with E-state index in [2.05, 4.69) is 5.32 Å². The van der Waals surface area contributed by atoms with Crippen LogP contribution < -0.4 is 16.0 Å². The Hall–Kier alpha value is -1.95. The van der Waals surface area contributed by atoms with Crippen LogP contribution in [-0.4, -0.2) is 18.5 Å². The van der Waals surface area contributed by atoms with Gasteiger partial charge in [0.15, 0.2) is 0 Å². The van der Waals surface area contributed by atoms with Crippen LogP contribution in [0.15, 0.2) is 18.2 Å². The summed E-state index contributed by atoms with van der Waals surface area (Å²) in [5.74, 6) is -0.808. The maximum Gasteiger partial charge on any atom is 0.329 e. The van der Waals surface area contributed by atoms with Crippen LogP contribution in [0.5, 0.6) is 0 Å². The number of nitrogens with zero attached hydrogens (tertiary/aromatic N) is 1. The minimum atomic E-state index is -0.500. The van der Waals surface area contributed by atoms with Gasteiger partial charge in [0.2, 0.25) is 0 Å². The zero-order valence-corrected chi connectivity index (χ0v) is 8.37. The molecule has 1 aromatic carbocycles. The van der Waals surface area contributed by atoms with E-state index in [4.69, 9.17) is 5.73 Å². The Morgan fingerprint density at radius 3 is 2.75 bits per heavy atom. The number of nitrogens with one attached hydrogen (secondary N) is 1. The SMILES string of the molecule is NCc1cc(N2C(=O)CNC2=O)ccc1F. The molecule has 84 valence electrons. The van der Waals surface area contributed by atoms with Crippen molar-refractivity contribution in [2.75, 3.05) is 11.4 Å². The van der Waals surface area contributed by atoms with Crippen LogP contribution in [0.3, 0.4) is 0 Å². The van der Waals surface area contributed by atoms with Crippen molar-refractivity contribution in [2.24, 2.45) is 5.73 Å². The number of halogens is 1. The summed E-state index contributed by atoms with van der Waals surface area (Å²) < 4.78 is 13.2. The molecule has 0 aliphatic carbocycles. The van der Waals surface area contributed by atoms with Crippen LogP contribution in [0.25, 0.3) is 0 Å². The zero-order chi connectivity index (χ0) is 11.7. The van der Waals surface area contributed by atoms with Crippen molar-refractivity contribution in [2.45, 2.75) is 6.54 Å². The maximum absolute atomic E-state index is 13.2. The number of hydrogen-bond donors (Lipinski definition) is 2. The number of benzene rings is 1. The minimum Gasteiger partial charge on any atom is -0.328 e. The molecule has 1 fully saturated rings. The molecule has 1 aromatic rings. The van der Waals surface area contributed by atoms with Gasteiger partial charge in [0.05, 0.1) is 12.2 Å². The molecule has 0 aromatic heterocycles. The highest BCUT2D eigenvalue weighted by Crippen LogP contribution is 2.20. The molecule has 6 heteroatoms. The summed E-state index contributed by atoms with van der Waals surface area (Å²) in [5, 5.41) is 2.38. The second-order valence-corrected chi connectivity index (χ2v) is 3.37. The second-order valence-electron chi connectivity index (χ2n) is 3.37. The Bertz CT molecular complexity index is 445. The standard InChI is InChI=1S/C10H10FN3O2/c11-8-2-1-7(3-6(8)4-12)14-9(15)5-13-10(14)16/h1-3H,4-5,12H2,(H,13,16). The number of nitrogens with two attached hydrogens (primary N) is 1. The summed E-state index contributed by atoms with van der Waals surface area (Å²) in [5.41, 5.74) is 5.95. The van der Waals surface area contributed by atoms with E-state index in [0.29, 0.717) is 5.69 Å². The van der Waals surface area contributed by atoms with Crippen LogP contribution in [0, 0.1) is 5.82 Å². The highest BCUT2D eigenvalue weighted by molar-refractivity contribution is 6.19. The third-order valence-corrected chi connectivity index (χ3v) is 2.35. The topological polar surface area (TPSA) is 75.4 Å². The van der Waals surface area contributed by atoms with Crippen LogP contribution in [-0.2, 0) is 11.3 Å². The summed E-state index contributed by atoms with van der Waals surface area (Å²) in [6.45, 7) is -0.0164. The molecule has 1 heterocycles. The van der Waals surface area contributed by atoms with E-state index < -0.39 is 11.8 Å². The molecule has 16 heavy (non-hydrogen) atoms. The lowest BCUT2D eigenvalue weighted by molar-refractivity contribution is -0.115. The first kappa shape index (κ1) is 10.6. The van der Waals surface area contributed by atoms with E-state index in [9.17, 15) is 14.0 Å². The lowest BCUT2D eigenvalue weighted by atomic mass is 10.2. The number of hydrogen-bond acceptors (Lipinski definition) is 3. The average molecular weight is 223 g/mol. The lowest BCUT2D eigenvalue weighted by Gasteiger charge is -2.13. The van der Waals surface area contributed by atoms with Gasteiger partial charge in [-0.05, 0) is 18.2 Å². The van der Waals surface area contributed by atoms with Gasteiger partial charge in [-0.1, -0.05) is 0 Å². The van der Waals surface area contributed by atoms with Gasteiger partial charge in [-0.2, -0.15) is 0 Å². The Kier molecular flexibility index (Phi) is 2.57. The van der Waals surface area contributed by atoms with Crippen molar-refractivity contribution in [3.63, 3.8) is 0 Å². The fraction of sp³-hybridized carbons (Fsp3) is 0.200. The van der Waals surface area contributed by atoms with Gasteiger partial charge in [0.1, 0.15) is 5.82 Å². The van der Waals surface area contributed by atoms with E-state index in [1.807, 2.05) is 0 Å². The van der Waals surface area contributed by atoms with Gasteiger partial charge >= 0.3 is 6.03 Å².